The number of hydrogen-bond donors (Lipinski definition) is 2. The molecule has 0 aliphatic carbocycles. The van der Waals surface area contributed by atoms with Crippen LogP contribution in [-0.4, -0.2) is 17.9 Å². The molecule has 5 nitrogen and oxygen atoms in total. The molecule has 0 fully saturated rings. The number of hydrogen-bond acceptors (Lipinski definition) is 4. The molecule has 0 radical (unpaired) electrons. The van der Waals surface area contributed by atoms with E-state index >= 15 is 0 Å². The van der Waals surface area contributed by atoms with E-state index in [9.17, 15) is 0 Å². The SMILES string of the molecule is COc1cccc(C(=N)N)c1OCc1ccccn1. The van der Waals surface area contributed by atoms with Gasteiger partial charge in [0.05, 0.1) is 18.4 Å². The number of pyridine rings is 1. The maximum atomic E-state index is 7.56. The molecule has 1 aromatic carbocycles. The van der Waals surface area contributed by atoms with E-state index < -0.39 is 0 Å². The maximum Gasteiger partial charge on any atom is 0.172 e. The predicted molar refractivity (Wildman–Crippen MR) is 72.6 cm³/mol. The topological polar surface area (TPSA) is 81.2 Å². The molecule has 0 amide bonds. The fraction of sp³-hybridized carbons (Fsp3) is 0.143. The fourth-order valence-electron chi connectivity index (χ4n) is 1.67. The van der Waals surface area contributed by atoms with Crippen LogP contribution in [0.2, 0.25) is 0 Å². The minimum absolute atomic E-state index is 0.0603. The molecule has 98 valence electrons. The molecule has 19 heavy (non-hydrogen) atoms. The summed E-state index contributed by atoms with van der Waals surface area (Å²) in [6.45, 7) is 0.293. The summed E-state index contributed by atoms with van der Waals surface area (Å²) in [4.78, 5) is 4.17. The summed E-state index contributed by atoms with van der Waals surface area (Å²) < 4.78 is 10.9. The van der Waals surface area contributed by atoms with Gasteiger partial charge in [-0.2, -0.15) is 0 Å². The van der Waals surface area contributed by atoms with Gasteiger partial charge in [-0.05, 0) is 24.3 Å². The Kier molecular flexibility index (Phi) is 3.97. The lowest BCUT2D eigenvalue weighted by Gasteiger charge is -2.14. The van der Waals surface area contributed by atoms with Crippen LogP contribution in [0.3, 0.4) is 0 Å². The lowest BCUT2D eigenvalue weighted by atomic mass is 10.1. The van der Waals surface area contributed by atoms with Crippen molar-refractivity contribution in [1.29, 1.82) is 5.41 Å². The van der Waals surface area contributed by atoms with Crippen LogP contribution in [0, 0.1) is 5.41 Å². The van der Waals surface area contributed by atoms with Crippen molar-refractivity contribution in [3.05, 3.63) is 53.9 Å². The van der Waals surface area contributed by atoms with Gasteiger partial charge in [-0.15, -0.1) is 0 Å². The Hall–Kier alpha value is -2.56. The van der Waals surface area contributed by atoms with E-state index in [0.717, 1.165) is 5.69 Å². The number of nitrogens with one attached hydrogen (secondary N) is 1. The zero-order chi connectivity index (χ0) is 13.7. The average molecular weight is 257 g/mol. The van der Waals surface area contributed by atoms with Gasteiger partial charge in [0.25, 0.3) is 0 Å². The second-order valence-electron chi connectivity index (χ2n) is 3.86. The lowest BCUT2D eigenvalue weighted by molar-refractivity contribution is 0.280. The largest absolute Gasteiger partial charge is 0.493 e. The molecule has 1 aromatic heterocycles. The lowest BCUT2D eigenvalue weighted by Crippen LogP contribution is -2.13. The highest BCUT2D eigenvalue weighted by Gasteiger charge is 2.13. The molecule has 0 aliphatic rings. The molecule has 0 saturated carbocycles. The van der Waals surface area contributed by atoms with Crippen molar-refractivity contribution in [2.24, 2.45) is 5.73 Å². The van der Waals surface area contributed by atoms with Crippen molar-refractivity contribution >= 4 is 5.84 Å². The van der Waals surface area contributed by atoms with Crippen LogP contribution in [0.4, 0.5) is 0 Å². The molecule has 2 rings (SSSR count). The van der Waals surface area contributed by atoms with Crippen LogP contribution in [0.1, 0.15) is 11.3 Å². The first kappa shape index (κ1) is 12.9. The van der Waals surface area contributed by atoms with Crippen molar-refractivity contribution < 1.29 is 9.47 Å². The number of nitrogens with two attached hydrogens (primary N) is 1. The first-order valence-electron chi connectivity index (χ1n) is 5.76. The molecule has 1 heterocycles. The first-order chi connectivity index (χ1) is 9.22. The van der Waals surface area contributed by atoms with Crippen molar-refractivity contribution in [1.82, 2.24) is 4.98 Å². The summed E-state index contributed by atoms with van der Waals surface area (Å²) in [5.41, 5.74) is 6.84. The van der Waals surface area contributed by atoms with E-state index in [1.54, 1.807) is 31.5 Å². The van der Waals surface area contributed by atoms with Crippen LogP contribution < -0.4 is 15.2 Å². The normalized spacial score (nSPS) is 9.95. The summed E-state index contributed by atoms with van der Waals surface area (Å²) in [6, 6.07) is 10.8. The van der Waals surface area contributed by atoms with Gasteiger partial charge in [0.1, 0.15) is 12.4 Å². The van der Waals surface area contributed by atoms with Crippen LogP contribution in [0.15, 0.2) is 42.6 Å². The molecule has 0 spiro atoms. The number of amidine groups is 1. The van der Waals surface area contributed by atoms with Crippen LogP contribution in [0.25, 0.3) is 0 Å². The quantitative estimate of drug-likeness (QED) is 0.633. The van der Waals surface area contributed by atoms with Crippen molar-refractivity contribution in [3.63, 3.8) is 0 Å². The van der Waals surface area contributed by atoms with Gasteiger partial charge >= 0.3 is 0 Å². The molecule has 5 heteroatoms. The zero-order valence-electron chi connectivity index (χ0n) is 10.6. The monoisotopic (exact) mass is 257 g/mol. The summed E-state index contributed by atoms with van der Waals surface area (Å²) in [6.07, 6.45) is 1.70. The average Bonchev–Trinajstić information content (AvgIpc) is 2.45. The molecule has 3 N–H and O–H groups in total. The number of benzene rings is 1. The Morgan fingerprint density at radius 2 is 2.11 bits per heavy atom. The minimum Gasteiger partial charge on any atom is -0.493 e. The van der Waals surface area contributed by atoms with Crippen molar-refractivity contribution in [2.75, 3.05) is 7.11 Å². The molecular formula is C14H15N3O2. The Morgan fingerprint density at radius 1 is 1.26 bits per heavy atom. The third-order valence-corrected chi connectivity index (χ3v) is 2.58. The van der Waals surface area contributed by atoms with E-state index in [4.69, 9.17) is 20.6 Å². The van der Waals surface area contributed by atoms with Crippen molar-refractivity contribution in [2.45, 2.75) is 6.61 Å². The molecule has 0 atom stereocenters. The van der Waals surface area contributed by atoms with Crippen molar-refractivity contribution in [3.8, 4) is 11.5 Å². The zero-order valence-corrected chi connectivity index (χ0v) is 10.6. The van der Waals surface area contributed by atoms with Crippen LogP contribution in [0.5, 0.6) is 11.5 Å². The van der Waals surface area contributed by atoms with Gasteiger partial charge in [0, 0.05) is 6.20 Å². The third-order valence-electron chi connectivity index (χ3n) is 2.58. The number of ether oxygens (including phenoxy) is 2. The van der Waals surface area contributed by atoms with Gasteiger partial charge in [-0.3, -0.25) is 10.4 Å². The standard InChI is InChI=1S/C14H15N3O2/c1-18-12-7-4-6-11(14(15)16)13(12)19-9-10-5-2-3-8-17-10/h2-8H,9H2,1H3,(H3,15,16). The molecule has 0 bridgehead atoms. The highest BCUT2D eigenvalue weighted by atomic mass is 16.5. The van der Waals surface area contributed by atoms with Crippen LogP contribution in [-0.2, 0) is 6.61 Å². The Balaban J connectivity index is 2.25. The van der Waals surface area contributed by atoms with E-state index in [2.05, 4.69) is 4.98 Å². The van der Waals surface area contributed by atoms with Crippen LogP contribution >= 0.6 is 0 Å². The highest BCUT2D eigenvalue weighted by Crippen LogP contribution is 2.31. The van der Waals surface area contributed by atoms with E-state index in [0.29, 0.717) is 23.7 Å². The fourth-order valence-corrected chi connectivity index (χ4v) is 1.67. The number of rotatable bonds is 5. The second-order valence-corrected chi connectivity index (χ2v) is 3.86. The minimum atomic E-state index is -0.0603. The molecule has 0 aliphatic heterocycles. The predicted octanol–water partition coefficient (Wildman–Crippen LogP) is 1.95. The number of methoxy groups -OCH3 is 1. The van der Waals surface area contributed by atoms with Gasteiger partial charge in [-0.25, -0.2) is 0 Å². The summed E-state index contributed by atoms with van der Waals surface area (Å²) in [7, 11) is 1.55. The second kappa shape index (κ2) is 5.86. The molecule has 0 saturated heterocycles. The molecular weight excluding hydrogens is 242 g/mol. The summed E-state index contributed by atoms with van der Waals surface area (Å²) in [5.74, 6) is 0.946. The smallest absolute Gasteiger partial charge is 0.172 e. The number of nitrogen functional groups attached to an aromatic ring is 1. The third kappa shape index (κ3) is 3.01. The summed E-state index contributed by atoms with van der Waals surface area (Å²) >= 11 is 0. The van der Waals surface area contributed by atoms with Gasteiger partial charge < -0.3 is 15.2 Å². The Bertz CT molecular complexity index is 570. The molecule has 0 unspecified atom stereocenters. The summed E-state index contributed by atoms with van der Waals surface area (Å²) in [5, 5.41) is 7.56. The Labute approximate surface area is 111 Å². The van der Waals surface area contributed by atoms with E-state index in [1.807, 2.05) is 18.2 Å². The number of nitrogens with zero attached hydrogens (tertiary/aromatic N) is 1. The number of aromatic nitrogens is 1. The Morgan fingerprint density at radius 3 is 2.74 bits per heavy atom. The first-order valence-corrected chi connectivity index (χ1v) is 5.76. The van der Waals surface area contributed by atoms with Gasteiger partial charge in [0.15, 0.2) is 11.5 Å². The van der Waals surface area contributed by atoms with E-state index in [1.165, 1.54) is 0 Å². The van der Waals surface area contributed by atoms with Gasteiger partial charge in [0.2, 0.25) is 0 Å². The van der Waals surface area contributed by atoms with Gasteiger partial charge in [-0.1, -0.05) is 12.1 Å². The maximum absolute atomic E-state index is 7.56. The number of para-hydroxylation sites is 1. The highest BCUT2D eigenvalue weighted by molar-refractivity contribution is 5.98. The van der Waals surface area contributed by atoms with E-state index in [-0.39, 0.29) is 5.84 Å². The molecule has 2 aromatic rings.